The highest BCUT2D eigenvalue weighted by molar-refractivity contribution is 5.48. The van der Waals surface area contributed by atoms with Gasteiger partial charge in [0.2, 0.25) is 0 Å². The number of nitrogens with one attached hydrogen (secondary N) is 1. The van der Waals surface area contributed by atoms with E-state index in [0.717, 1.165) is 29.0 Å². The lowest BCUT2D eigenvalue weighted by Gasteiger charge is -2.23. The second kappa shape index (κ2) is 6.61. The first-order chi connectivity index (χ1) is 8.53. The lowest BCUT2D eigenvalue weighted by Crippen LogP contribution is -2.26. The van der Waals surface area contributed by atoms with Crippen LogP contribution in [0.4, 0.5) is 0 Å². The molecule has 1 aromatic rings. The average molecular weight is 252 g/mol. The molecule has 0 spiro atoms. The Morgan fingerprint density at radius 1 is 1.28 bits per heavy atom. The van der Waals surface area contributed by atoms with Crippen molar-refractivity contribution in [1.82, 2.24) is 5.32 Å². The Hall–Kier alpha value is -1.26. The van der Waals surface area contributed by atoms with Crippen LogP contribution < -0.4 is 20.5 Å². The zero-order valence-corrected chi connectivity index (χ0v) is 11.9. The van der Waals surface area contributed by atoms with Crippen LogP contribution in [0.1, 0.15) is 30.5 Å². The van der Waals surface area contributed by atoms with Gasteiger partial charge in [-0.1, -0.05) is 0 Å². The molecular formula is C14H24N2O2. The molecule has 0 aromatic heterocycles. The monoisotopic (exact) mass is 252 g/mol. The number of rotatable bonds is 6. The summed E-state index contributed by atoms with van der Waals surface area (Å²) in [4.78, 5) is 0. The third-order valence-electron chi connectivity index (χ3n) is 3.08. The molecule has 0 amide bonds. The number of benzene rings is 1. The summed E-state index contributed by atoms with van der Waals surface area (Å²) in [5, 5.41) is 3.30. The molecule has 2 atom stereocenters. The minimum atomic E-state index is 0.133. The van der Waals surface area contributed by atoms with Crippen molar-refractivity contribution >= 4 is 0 Å². The fourth-order valence-electron chi connectivity index (χ4n) is 2.22. The molecule has 0 saturated heterocycles. The fourth-order valence-corrected chi connectivity index (χ4v) is 2.22. The van der Waals surface area contributed by atoms with Crippen molar-refractivity contribution in [2.24, 2.45) is 5.73 Å². The highest BCUT2D eigenvalue weighted by Crippen LogP contribution is 2.34. The van der Waals surface area contributed by atoms with Crippen molar-refractivity contribution in [2.45, 2.75) is 32.4 Å². The van der Waals surface area contributed by atoms with Gasteiger partial charge in [0.15, 0.2) is 0 Å². The number of nitrogens with two attached hydrogens (primary N) is 1. The third kappa shape index (κ3) is 3.37. The highest BCUT2D eigenvalue weighted by Gasteiger charge is 2.19. The maximum absolute atomic E-state index is 5.90. The molecule has 1 aromatic carbocycles. The second-order valence-corrected chi connectivity index (χ2v) is 4.61. The van der Waals surface area contributed by atoms with Gasteiger partial charge < -0.3 is 20.5 Å². The van der Waals surface area contributed by atoms with Crippen LogP contribution >= 0.6 is 0 Å². The molecule has 0 aliphatic rings. The van der Waals surface area contributed by atoms with E-state index in [2.05, 4.69) is 12.2 Å². The topological polar surface area (TPSA) is 56.5 Å². The lowest BCUT2D eigenvalue weighted by molar-refractivity contribution is 0.380. The Morgan fingerprint density at radius 3 is 2.39 bits per heavy atom. The number of aryl methyl sites for hydroxylation is 1. The van der Waals surface area contributed by atoms with E-state index < -0.39 is 0 Å². The molecular weight excluding hydrogens is 228 g/mol. The van der Waals surface area contributed by atoms with Crippen LogP contribution in [0.3, 0.4) is 0 Å². The number of methoxy groups -OCH3 is 2. The molecule has 0 radical (unpaired) electrons. The summed E-state index contributed by atoms with van der Waals surface area (Å²) in [5.74, 6) is 1.65. The van der Waals surface area contributed by atoms with Crippen LogP contribution in [-0.4, -0.2) is 27.3 Å². The SMILES string of the molecule is CNC(CC(C)N)c1c(C)cc(OC)cc1OC. The molecule has 0 aliphatic heterocycles. The lowest BCUT2D eigenvalue weighted by atomic mass is 9.95. The van der Waals surface area contributed by atoms with E-state index in [1.54, 1.807) is 14.2 Å². The van der Waals surface area contributed by atoms with Crippen molar-refractivity contribution < 1.29 is 9.47 Å². The van der Waals surface area contributed by atoms with E-state index in [9.17, 15) is 0 Å². The van der Waals surface area contributed by atoms with Gasteiger partial charge in [0.05, 0.1) is 14.2 Å². The van der Waals surface area contributed by atoms with E-state index in [1.807, 2.05) is 26.1 Å². The number of hydrogen-bond acceptors (Lipinski definition) is 4. The molecule has 18 heavy (non-hydrogen) atoms. The van der Waals surface area contributed by atoms with Crippen molar-refractivity contribution in [2.75, 3.05) is 21.3 Å². The Bertz CT molecular complexity index is 392. The van der Waals surface area contributed by atoms with Gasteiger partial charge in [-0.05, 0) is 38.9 Å². The van der Waals surface area contributed by atoms with Crippen LogP contribution in [0.25, 0.3) is 0 Å². The zero-order valence-electron chi connectivity index (χ0n) is 11.9. The molecule has 0 fully saturated rings. The van der Waals surface area contributed by atoms with E-state index in [-0.39, 0.29) is 12.1 Å². The maximum atomic E-state index is 5.90. The van der Waals surface area contributed by atoms with Crippen molar-refractivity contribution in [3.05, 3.63) is 23.3 Å². The molecule has 0 aliphatic carbocycles. The number of hydrogen-bond donors (Lipinski definition) is 2. The van der Waals surface area contributed by atoms with Crippen LogP contribution in [0.5, 0.6) is 11.5 Å². The third-order valence-corrected chi connectivity index (χ3v) is 3.08. The molecule has 0 bridgehead atoms. The van der Waals surface area contributed by atoms with Gasteiger partial charge >= 0.3 is 0 Å². The Balaban J connectivity index is 3.19. The first-order valence-corrected chi connectivity index (χ1v) is 6.18. The van der Waals surface area contributed by atoms with Gasteiger partial charge in [-0.15, -0.1) is 0 Å². The molecule has 2 unspecified atom stereocenters. The summed E-state index contributed by atoms with van der Waals surface area (Å²) in [7, 11) is 5.28. The van der Waals surface area contributed by atoms with Crippen LogP contribution in [0, 0.1) is 6.92 Å². The van der Waals surface area contributed by atoms with Crippen molar-refractivity contribution in [3.8, 4) is 11.5 Å². The van der Waals surface area contributed by atoms with Gasteiger partial charge in [-0.3, -0.25) is 0 Å². The fraction of sp³-hybridized carbons (Fsp3) is 0.571. The summed E-state index contributed by atoms with van der Waals surface area (Å²) in [6.45, 7) is 4.07. The molecule has 102 valence electrons. The van der Waals surface area contributed by atoms with Crippen molar-refractivity contribution in [1.29, 1.82) is 0 Å². The van der Waals surface area contributed by atoms with Gasteiger partial charge in [0, 0.05) is 23.7 Å². The first-order valence-electron chi connectivity index (χ1n) is 6.18. The van der Waals surface area contributed by atoms with Crippen LogP contribution in [0.2, 0.25) is 0 Å². The van der Waals surface area contributed by atoms with Crippen LogP contribution in [0.15, 0.2) is 12.1 Å². The quantitative estimate of drug-likeness (QED) is 0.813. The summed E-state index contributed by atoms with van der Waals surface area (Å²) in [5.41, 5.74) is 8.19. The summed E-state index contributed by atoms with van der Waals surface area (Å²) < 4.78 is 10.7. The molecule has 4 heteroatoms. The summed E-state index contributed by atoms with van der Waals surface area (Å²) in [6.07, 6.45) is 0.861. The largest absolute Gasteiger partial charge is 0.497 e. The summed E-state index contributed by atoms with van der Waals surface area (Å²) >= 11 is 0. The molecule has 1 rings (SSSR count). The highest BCUT2D eigenvalue weighted by atomic mass is 16.5. The van der Waals surface area contributed by atoms with Gasteiger partial charge in [-0.2, -0.15) is 0 Å². The number of ether oxygens (including phenoxy) is 2. The Labute approximate surface area is 109 Å². The normalized spacial score (nSPS) is 14.1. The van der Waals surface area contributed by atoms with E-state index >= 15 is 0 Å². The molecule has 4 nitrogen and oxygen atoms in total. The predicted octanol–water partition coefficient (Wildman–Crippen LogP) is 2.01. The van der Waals surface area contributed by atoms with Gasteiger partial charge in [0.1, 0.15) is 11.5 Å². The minimum absolute atomic E-state index is 0.133. The smallest absolute Gasteiger partial charge is 0.127 e. The van der Waals surface area contributed by atoms with E-state index in [1.165, 1.54) is 0 Å². The maximum Gasteiger partial charge on any atom is 0.127 e. The molecule has 0 heterocycles. The second-order valence-electron chi connectivity index (χ2n) is 4.61. The summed E-state index contributed by atoms with van der Waals surface area (Å²) in [6, 6.07) is 4.25. The predicted molar refractivity (Wildman–Crippen MR) is 74.4 cm³/mol. The average Bonchev–Trinajstić information content (AvgIpc) is 2.35. The minimum Gasteiger partial charge on any atom is -0.497 e. The Kier molecular flexibility index (Phi) is 5.44. The first kappa shape index (κ1) is 14.8. The van der Waals surface area contributed by atoms with Gasteiger partial charge in [-0.25, -0.2) is 0 Å². The van der Waals surface area contributed by atoms with E-state index in [4.69, 9.17) is 15.2 Å². The standard InChI is InChI=1S/C14H24N2O2/c1-9-6-11(17-4)8-13(18-5)14(9)12(16-3)7-10(2)15/h6,8,10,12,16H,7,15H2,1-5H3. The molecule has 0 saturated carbocycles. The van der Waals surface area contributed by atoms with Crippen molar-refractivity contribution in [3.63, 3.8) is 0 Å². The van der Waals surface area contributed by atoms with E-state index in [0.29, 0.717) is 0 Å². The zero-order chi connectivity index (χ0) is 13.7. The van der Waals surface area contributed by atoms with Gasteiger partial charge in [0.25, 0.3) is 0 Å². The molecule has 3 N–H and O–H groups in total. The Morgan fingerprint density at radius 2 is 1.94 bits per heavy atom. The van der Waals surface area contributed by atoms with Crippen LogP contribution in [-0.2, 0) is 0 Å².